The molecule has 1 aromatic heterocycles. The maximum Gasteiger partial charge on any atom is 0.165 e. The Morgan fingerprint density at radius 3 is 2.83 bits per heavy atom. The minimum atomic E-state index is -0.337. The van der Waals surface area contributed by atoms with Gasteiger partial charge in [0.05, 0.1) is 13.3 Å². The van der Waals surface area contributed by atoms with Crippen molar-refractivity contribution in [1.82, 2.24) is 15.5 Å². The van der Waals surface area contributed by atoms with Crippen molar-refractivity contribution in [2.45, 2.75) is 20.0 Å². The molecule has 0 aliphatic carbocycles. The summed E-state index contributed by atoms with van der Waals surface area (Å²) >= 11 is 0. The van der Waals surface area contributed by atoms with E-state index in [4.69, 9.17) is 4.74 Å². The molecule has 0 fully saturated rings. The molecule has 0 saturated carbocycles. The molecule has 0 aliphatic heterocycles. The zero-order valence-corrected chi connectivity index (χ0v) is 10.5. The van der Waals surface area contributed by atoms with Gasteiger partial charge in [0.2, 0.25) is 0 Å². The smallest absolute Gasteiger partial charge is 0.165 e. The molecule has 5 heteroatoms. The van der Waals surface area contributed by atoms with Gasteiger partial charge in [-0.1, -0.05) is 6.07 Å². The van der Waals surface area contributed by atoms with Gasteiger partial charge in [0.25, 0.3) is 0 Å². The first-order chi connectivity index (χ1) is 8.70. The summed E-state index contributed by atoms with van der Waals surface area (Å²) in [6.45, 7) is 3.28. The van der Waals surface area contributed by atoms with Crippen LogP contribution in [0.4, 0.5) is 4.39 Å². The molecule has 2 rings (SSSR count). The second-order valence-electron chi connectivity index (χ2n) is 4.09. The third kappa shape index (κ3) is 2.87. The van der Waals surface area contributed by atoms with Crippen LogP contribution >= 0.6 is 0 Å². The Labute approximate surface area is 105 Å². The summed E-state index contributed by atoms with van der Waals surface area (Å²) < 4.78 is 18.3. The Bertz CT molecular complexity index is 525. The number of methoxy groups -OCH3 is 1. The summed E-state index contributed by atoms with van der Waals surface area (Å²) in [6, 6.07) is 4.96. The zero-order chi connectivity index (χ0) is 13.0. The normalized spacial score (nSPS) is 10.6. The molecule has 96 valence electrons. The van der Waals surface area contributed by atoms with Gasteiger partial charge in [0.1, 0.15) is 0 Å². The van der Waals surface area contributed by atoms with E-state index in [-0.39, 0.29) is 11.6 Å². The summed E-state index contributed by atoms with van der Waals surface area (Å²) in [7, 11) is 1.46. The summed E-state index contributed by atoms with van der Waals surface area (Å²) in [4.78, 5) is 0. The van der Waals surface area contributed by atoms with Gasteiger partial charge in [-0.15, -0.1) is 0 Å². The van der Waals surface area contributed by atoms with Crippen molar-refractivity contribution in [3.05, 3.63) is 47.0 Å². The van der Waals surface area contributed by atoms with Gasteiger partial charge >= 0.3 is 0 Å². The number of aryl methyl sites for hydroxylation is 1. The third-order valence-electron chi connectivity index (χ3n) is 2.80. The Balaban J connectivity index is 1.91. The fourth-order valence-corrected chi connectivity index (χ4v) is 1.72. The number of rotatable bonds is 5. The van der Waals surface area contributed by atoms with E-state index in [1.54, 1.807) is 12.3 Å². The molecule has 1 heterocycles. The lowest BCUT2D eigenvalue weighted by Crippen LogP contribution is -2.13. The first-order valence-electron chi connectivity index (χ1n) is 5.72. The van der Waals surface area contributed by atoms with E-state index < -0.39 is 0 Å². The highest BCUT2D eigenvalue weighted by molar-refractivity contribution is 5.29. The predicted octanol–water partition coefficient (Wildman–Crippen LogP) is 2.16. The summed E-state index contributed by atoms with van der Waals surface area (Å²) in [6.07, 6.45) is 1.79. The van der Waals surface area contributed by atoms with Gasteiger partial charge in [-0.25, -0.2) is 4.39 Å². The van der Waals surface area contributed by atoms with Crippen molar-refractivity contribution in [2.24, 2.45) is 0 Å². The molecule has 1 aromatic carbocycles. The first-order valence-corrected chi connectivity index (χ1v) is 5.72. The van der Waals surface area contributed by atoms with E-state index in [1.165, 1.54) is 13.2 Å². The number of hydrogen-bond acceptors (Lipinski definition) is 3. The van der Waals surface area contributed by atoms with Crippen molar-refractivity contribution in [3.8, 4) is 5.75 Å². The second-order valence-corrected chi connectivity index (χ2v) is 4.09. The second kappa shape index (κ2) is 5.64. The summed E-state index contributed by atoms with van der Waals surface area (Å²) in [5.74, 6) is -0.0688. The number of aromatic nitrogens is 2. The van der Waals surface area contributed by atoms with Crippen molar-refractivity contribution >= 4 is 0 Å². The van der Waals surface area contributed by atoms with Gasteiger partial charge < -0.3 is 10.1 Å². The summed E-state index contributed by atoms with van der Waals surface area (Å²) in [5, 5.41) is 10.1. The predicted molar refractivity (Wildman–Crippen MR) is 66.8 cm³/mol. The zero-order valence-electron chi connectivity index (χ0n) is 10.5. The first kappa shape index (κ1) is 12.6. The van der Waals surface area contributed by atoms with Gasteiger partial charge in [-0.2, -0.15) is 5.10 Å². The van der Waals surface area contributed by atoms with E-state index >= 15 is 0 Å². The largest absolute Gasteiger partial charge is 0.494 e. The van der Waals surface area contributed by atoms with Crippen LogP contribution in [-0.2, 0) is 13.1 Å². The molecule has 2 aromatic rings. The molecular weight excluding hydrogens is 233 g/mol. The maximum absolute atomic E-state index is 13.4. The van der Waals surface area contributed by atoms with Crippen molar-refractivity contribution in [2.75, 3.05) is 7.11 Å². The average molecular weight is 249 g/mol. The SMILES string of the molecule is COc1ccc(CNCc2cn[nH]c2C)cc1F. The molecule has 0 saturated heterocycles. The van der Waals surface area contributed by atoms with Crippen LogP contribution in [0.25, 0.3) is 0 Å². The number of nitrogens with zero attached hydrogens (tertiary/aromatic N) is 1. The van der Waals surface area contributed by atoms with Crippen molar-refractivity contribution in [3.63, 3.8) is 0 Å². The van der Waals surface area contributed by atoms with E-state index in [2.05, 4.69) is 15.5 Å². The number of ether oxygens (including phenoxy) is 1. The fraction of sp³-hybridized carbons (Fsp3) is 0.308. The number of H-pyrrole nitrogens is 1. The van der Waals surface area contributed by atoms with E-state index in [0.29, 0.717) is 13.1 Å². The van der Waals surface area contributed by atoms with Crippen LogP contribution in [0, 0.1) is 12.7 Å². The molecule has 4 nitrogen and oxygen atoms in total. The number of halogens is 1. The average Bonchev–Trinajstić information content (AvgIpc) is 2.75. The van der Waals surface area contributed by atoms with Gasteiger partial charge in [0.15, 0.2) is 11.6 Å². The van der Waals surface area contributed by atoms with Crippen molar-refractivity contribution in [1.29, 1.82) is 0 Å². The van der Waals surface area contributed by atoms with Crippen LogP contribution in [-0.4, -0.2) is 17.3 Å². The van der Waals surface area contributed by atoms with E-state index in [9.17, 15) is 4.39 Å². The molecule has 0 atom stereocenters. The van der Waals surface area contributed by atoms with Gasteiger partial charge in [0, 0.05) is 24.3 Å². The highest BCUT2D eigenvalue weighted by atomic mass is 19.1. The minimum Gasteiger partial charge on any atom is -0.494 e. The molecule has 0 unspecified atom stereocenters. The summed E-state index contributed by atoms with van der Waals surface area (Å²) in [5.41, 5.74) is 3.04. The lowest BCUT2D eigenvalue weighted by molar-refractivity contribution is 0.386. The van der Waals surface area contributed by atoms with Gasteiger partial charge in [-0.3, -0.25) is 5.10 Å². The molecule has 0 spiro atoms. The Morgan fingerprint density at radius 1 is 1.39 bits per heavy atom. The standard InChI is InChI=1S/C13H16FN3O/c1-9-11(8-16-17-9)7-15-6-10-3-4-13(18-2)12(14)5-10/h3-5,8,15H,6-7H2,1-2H3,(H,16,17). The fourth-order valence-electron chi connectivity index (χ4n) is 1.72. The molecule has 18 heavy (non-hydrogen) atoms. The van der Waals surface area contributed by atoms with Crippen LogP contribution in [0.3, 0.4) is 0 Å². The topological polar surface area (TPSA) is 49.9 Å². The molecule has 0 aliphatic rings. The van der Waals surface area contributed by atoms with E-state index in [1.807, 2.05) is 13.0 Å². The monoisotopic (exact) mass is 249 g/mol. The molecule has 0 bridgehead atoms. The van der Waals surface area contributed by atoms with E-state index in [0.717, 1.165) is 16.8 Å². The molecule has 0 radical (unpaired) electrons. The minimum absolute atomic E-state index is 0.268. The number of aromatic amines is 1. The lowest BCUT2D eigenvalue weighted by atomic mass is 10.2. The quantitative estimate of drug-likeness (QED) is 0.853. The van der Waals surface area contributed by atoms with Crippen LogP contribution in [0.15, 0.2) is 24.4 Å². The molecule has 0 amide bonds. The number of hydrogen-bond donors (Lipinski definition) is 2. The molecular formula is C13H16FN3O. The van der Waals surface area contributed by atoms with Crippen LogP contribution in [0.5, 0.6) is 5.75 Å². The lowest BCUT2D eigenvalue weighted by Gasteiger charge is -2.06. The van der Waals surface area contributed by atoms with Crippen molar-refractivity contribution < 1.29 is 9.13 Å². The number of nitrogens with one attached hydrogen (secondary N) is 2. The van der Waals surface area contributed by atoms with Crippen LogP contribution < -0.4 is 10.1 Å². The Morgan fingerprint density at radius 2 is 2.22 bits per heavy atom. The number of benzene rings is 1. The highest BCUT2D eigenvalue weighted by Crippen LogP contribution is 2.17. The Hall–Kier alpha value is -1.88. The highest BCUT2D eigenvalue weighted by Gasteiger charge is 2.04. The Kier molecular flexibility index (Phi) is 3.94. The third-order valence-corrected chi connectivity index (χ3v) is 2.80. The van der Waals surface area contributed by atoms with Crippen LogP contribution in [0.1, 0.15) is 16.8 Å². The molecule has 2 N–H and O–H groups in total. The maximum atomic E-state index is 13.4. The van der Waals surface area contributed by atoms with Crippen LogP contribution in [0.2, 0.25) is 0 Å². The van der Waals surface area contributed by atoms with Gasteiger partial charge in [-0.05, 0) is 24.6 Å².